The van der Waals surface area contributed by atoms with Gasteiger partial charge >= 0.3 is 0 Å². The Morgan fingerprint density at radius 2 is 1.60 bits per heavy atom. The van der Waals surface area contributed by atoms with Crippen molar-refractivity contribution in [2.45, 2.75) is 9.79 Å². The lowest BCUT2D eigenvalue weighted by molar-refractivity contribution is -0.384. The van der Waals surface area contributed by atoms with E-state index in [0.29, 0.717) is 10.8 Å². The highest BCUT2D eigenvalue weighted by atomic mass is 32.2. The molecule has 1 aromatic heterocycles. The van der Waals surface area contributed by atoms with Gasteiger partial charge in [-0.2, -0.15) is 0 Å². The number of carbonyl (C=O) groups excluding carboxylic acids is 3. The van der Waals surface area contributed by atoms with E-state index in [9.17, 15) is 24.5 Å². The molecule has 11 heteroatoms. The second-order valence-electron chi connectivity index (χ2n) is 7.34. The van der Waals surface area contributed by atoms with E-state index in [1.54, 1.807) is 48.0 Å². The predicted octanol–water partition coefficient (Wildman–Crippen LogP) is 5.26. The minimum Gasteiger partial charge on any atom is -0.298 e. The van der Waals surface area contributed by atoms with Crippen LogP contribution in [0.2, 0.25) is 0 Å². The number of aromatic nitrogens is 1. The summed E-state index contributed by atoms with van der Waals surface area (Å²) in [5, 5.41) is 15.6. The lowest BCUT2D eigenvalue weighted by atomic mass is 10.1. The van der Waals surface area contributed by atoms with Crippen molar-refractivity contribution in [3.8, 4) is 0 Å². The van der Waals surface area contributed by atoms with Crippen molar-refractivity contribution in [1.82, 2.24) is 4.98 Å². The number of amides is 3. The molecule has 0 atom stereocenters. The van der Waals surface area contributed by atoms with Gasteiger partial charge < -0.3 is 0 Å². The highest BCUT2D eigenvalue weighted by Crippen LogP contribution is 2.33. The molecule has 9 nitrogen and oxygen atoms in total. The van der Waals surface area contributed by atoms with Gasteiger partial charge in [0.05, 0.1) is 21.7 Å². The Balaban J connectivity index is 1.33. The van der Waals surface area contributed by atoms with Crippen LogP contribution in [0.15, 0.2) is 88.1 Å². The van der Waals surface area contributed by atoms with Crippen LogP contribution in [0.1, 0.15) is 31.1 Å². The first kappa shape index (κ1) is 22.4. The molecule has 0 spiro atoms. The lowest BCUT2D eigenvalue weighted by Crippen LogP contribution is -2.29. The van der Waals surface area contributed by atoms with Crippen molar-refractivity contribution in [3.05, 3.63) is 105 Å². The summed E-state index contributed by atoms with van der Waals surface area (Å²) in [6, 6.07) is 17.4. The first-order chi connectivity index (χ1) is 16.9. The number of nitro benzene ring substituents is 1. The molecule has 35 heavy (non-hydrogen) atoms. The molecular formula is C24H14N4O5S2. The molecule has 5 rings (SSSR count). The van der Waals surface area contributed by atoms with Gasteiger partial charge in [0, 0.05) is 39.1 Å². The zero-order valence-corrected chi connectivity index (χ0v) is 19.3. The number of hydrogen-bond acceptors (Lipinski definition) is 8. The average molecular weight is 503 g/mol. The maximum Gasteiger partial charge on any atom is 0.269 e. The highest BCUT2D eigenvalue weighted by molar-refractivity contribution is 7.99. The van der Waals surface area contributed by atoms with Gasteiger partial charge in [0.25, 0.3) is 23.4 Å². The van der Waals surface area contributed by atoms with Crippen molar-refractivity contribution in [1.29, 1.82) is 0 Å². The number of carbonyl (C=O) groups is 3. The first-order valence-corrected chi connectivity index (χ1v) is 11.9. The number of thiazole rings is 1. The van der Waals surface area contributed by atoms with Gasteiger partial charge in [-0.25, -0.2) is 9.88 Å². The largest absolute Gasteiger partial charge is 0.298 e. The standard InChI is InChI=1S/C24H14N4O5S2/c29-21(26-24-25-11-12-34-24)14-1-10-19-20(13-14)23(31)27(22(19)30)15-2-6-17(7-3-15)35-18-8-4-16(5-9-18)28(32)33/h1-13H,(H,25,26,29). The third-order valence-corrected chi connectivity index (χ3v) is 6.88. The fraction of sp³-hybridized carbons (Fsp3) is 0. The molecule has 0 saturated carbocycles. The van der Waals surface area contributed by atoms with Gasteiger partial charge in [-0.1, -0.05) is 11.8 Å². The summed E-state index contributed by atoms with van der Waals surface area (Å²) in [5.41, 5.74) is 1.05. The molecule has 0 saturated heterocycles. The second kappa shape index (κ2) is 9.12. The zero-order valence-electron chi connectivity index (χ0n) is 17.7. The molecule has 0 bridgehead atoms. The third kappa shape index (κ3) is 4.42. The SMILES string of the molecule is O=C(Nc1nccs1)c1ccc2c(c1)C(=O)N(c1ccc(Sc3ccc([N+](=O)[O-])cc3)cc1)C2=O. The van der Waals surface area contributed by atoms with Gasteiger partial charge in [-0.3, -0.25) is 29.8 Å². The van der Waals surface area contributed by atoms with E-state index in [1.807, 2.05) is 0 Å². The minimum atomic E-state index is -0.510. The normalized spacial score (nSPS) is 12.5. The van der Waals surface area contributed by atoms with Gasteiger partial charge in [0.1, 0.15) is 0 Å². The summed E-state index contributed by atoms with van der Waals surface area (Å²) in [6.45, 7) is 0. The molecule has 1 aliphatic rings. The Morgan fingerprint density at radius 1 is 0.943 bits per heavy atom. The topological polar surface area (TPSA) is 123 Å². The molecule has 2 heterocycles. The number of non-ortho nitro benzene ring substituents is 1. The highest BCUT2D eigenvalue weighted by Gasteiger charge is 2.37. The molecule has 0 fully saturated rings. The van der Waals surface area contributed by atoms with Crippen LogP contribution >= 0.6 is 23.1 Å². The smallest absolute Gasteiger partial charge is 0.269 e. The van der Waals surface area contributed by atoms with E-state index in [0.717, 1.165) is 14.7 Å². The predicted molar refractivity (Wildman–Crippen MR) is 131 cm³/mol. The molecule has 0 radical (unpaired) electrons. The number of fused-ring (bicyclic) bond motifs is 1. The number of hydrogen-bond donors (Lipinski definition) is 1. The molecule has 4 aromatic rings. The van der Waals surface area contributed by atoms with Crippen LogP contribution in [-0.4, -0.2) is 27.6 Å². The van der Waals surface area contributed by atoms with Crippen molar-refractivity contribution in [2.24, 2.45) is 0 Å². The average Bonchev–Trinajstić information content (AvgIpc) is 3.46. The van der Waals surface area contributed by atoms with Crippen LogP contribution in [0.4, 0.5) is 16.5 Å². The monoisotopic (exact) mass is 502 g/mol. The maximum atomic E-state index is 13.1. The van der Waals surface area contributed by atoms with Crippen molar-refractivity contribution >= 4 is 57.3 Å². The number of nitro groups is 1. The Kier molecular flexibility index (Phi) is 5.85. The number of anilines is 2. The number of imide groups is 1. The lowest BCUT2D eigenvalue weighted by Gasteiger charge is -2.14. The summed E-state index contributed by atoms with van der Waals surface area (Å²) in [5.74, 6) is -1.40. The van der Waals surface area contributed by atoms with Crippen molar-refractivity contribution in [3.63, 3.8) is 0 Å². The first-order valence-electron chi connectivity index (χ1n) is 10.2. The van der Waals surface area contributed by atoms with E-state index in [4.69, 9.17) is 0 Å². The van der Waals surface area contributed by atoms with Gasteiger partial charge in [0.15, 0.2) is 5.13 Å². The van der Waals surface area contributed by atoms with Crippen LogP contribution in [0.25, 0.3) is 0 Å². The zero-order chi connectivity index (χ0) is 24.5. The van der Waals surface area contributed by atoms with Gasteiger partial charge in [-0.15, -0.1) is 11.3 Å². The van der Waals surface area contributed by atoms with E-state index < -0.39 is 22.6 Å². The minimum absolute atomic E-state index is 0.0131. The summed E-state index contributed by atoms with van der Waals surface area (Å²) < 4.78 is 0. The quantitative estimate of drug-likeness (QED) is 0.217. The molecule has 1 aliphatic heterocycles. The van der Waals surface area contributed by atoms with Crippen LogP contribution in [0, 0.1) is 10.1 Å². The van der Waals surface area contributed by atoms with Crippen LogP contribution in [0.3, 0.4) is 0 Å². The van der Waals surface area contributed by atoms with Gasteiger partial charge in [0.2, 0.25) is 0 Å². The summed E-state index contributed by atoms with van der Waals surface area (Å²) in [6.07, 6.45) is 1.57. The number of rotatable bonds is 6. The molecular weight excluding hydrogens is 488 g/mol. The van der Waals surface area contributed by atoms with Crippen LogP contribution < -0.4 is 10.2 Å². The number of nitrogens with zero attached hydrogens (tertiary/aromatic N) is 3. The Labute approximate surface area is 206 Å². The fourth-order valence-corrected chi connectivity index (χ4v) is 4.85. The molecule has 3 amide bonds. The maximum absolute atomic E-state index is 13.1. The summed E-state index contributed by atoms with van der Waals surface area (Å²) >= 11 is 2.67. The van der Waals surface area contributed by atoms with E-state index in [-0.39, 0.29) is 22.4 Å². The van der Waals surface area contributed by atoms with E-state index >= 15 is 0 Å². The van der Waals surface area contributed by atoms with Gasteiger partial charge in [-0.05, 0) is 54.6 Å². The van der Waals surface area contributed by atoms with Crippen molar-refractivity contribution in [2.75, 3.05) is 10.2 Å². The Hall–Kier alpha value is -4.35. The summed E-state index contributed by atoms with van der Waals surface area (Å²) in [7, 11) is 0. The van der Waals surface area contributed by atoms with Crippen molar-refractivity contribution < 1.29 is 19.3 Å². The fourth-order valence-electron chi connectivity index (χ4n) is 3.51. The van der Waals surface area contributed by atoms with E-state index in [1.165, 1.54) is 53.4 Å². The van der Waals surface area contributed by atoms with Crippen LogP contribution in [0.5, 0.6) is 0 Å². The number of benzene rings is 3. The molecule has 172 valence electrons. The molecule has 1 N–H and O–H groups in total. The van der Waals surface area contributed by atoms with E-state index in [2.05, 4.69) is 10.3 Å². The van der Waals surface area contributed by atoms with Crippen LogP contribution in [-0.2, 0) is 0 Å². The Morgan fingerprint density at radius 3 is 2.23 bits per heavy atom. The number of nitrogens with one attached hydrogen (secondary N) is 1. The molecule has 3 aromatic carbocycles. The Bertz CT molecular complexity index is 1470. The second-order valence-corrected chi connectivity index (χ2v) is 9.39. The third-order valence-electron chi connectivity index (χ3n) is 5.18. The molecule has 0 unspecified atom stereocenters. The summed E-state index contributed by atoms with van der Waals surface area (Å²) in [4.78, 5) is 55.6. The molecule has 0 aliphatic carbocycles.